The molecule has 0 bridgehead atoms. The molecule has 2 aliphatic heterocycles. The molecule has 0 saturated carbocycles. The number of carbonyl (C=O) groups is 1. The Morgan fingerprint density at radius 2 is 1.92 bits per heavy atom. The SMILES string of the molecule is O=C(Nc1cccc2c1nc1n2CCOC1)c1ccc(NS(=O)(=O)CCO)cc1N1CCC(=C(F)F)CC1. The number of hydrogen-bond acceptors (Lipinski definition) is 7. The largest absolute Gasteiger partial charge is 0.395 e. The second kappa shape index (κ2) is 10.7. The van der Waals surface area contributed by atoms with E-state index in [4.69, 9.17) is 9.84 Å². The molecule has 0 atom stereocenters. The number of sulfonamides is 1. The smallest absolute Gasteiger partial charge is 0.269 e. The minimum absolute atomic E-state index is 0.0754. The topological polar surface area (TPSA) is 126 Å². The van der Waals surface area contributed by atoms with Crippen LogP contribution in [0.3, 0.4) is 0 Å². The highest BCUT2D eigenvalue weighted by Crippen LogP contribution is 2.32. The van der Waals surface area contributed by atoms with Gasteiger partial charge in [0, 0.05) is 19.6 Å². The Hall–Kier alpha value is -3.55. The minimum Gasteiger partial charge on any atom is -0.395 e. The molecule has 0 spiro atoms. The summed E-state index contributed by atoms with van der Waals surface area (Å²) in [6, 6.07) is 9.96. The number of aliphatic hydroxyl groups excluding tert-OH is 1. The predicted molar refractivity (Wildman–Crippen MR) is 139 cm³/mol. The summed E-state index contributed by atoms with van der Waals surface area (Å²) in [5, 5.41) is 12.0. The highest BCUT2D eigenvalue weighted by atomic mass is 32.2. The first-order chi connectivity index (χ1) is 18.3. The average Bonchev–Trinajstić information content (AvgIpc) is 3.28. The molecule has 0 aliphatic carbocycles. The van der Waals surface area contributed by atoms with Crippen LogP contribution in [0.5, 0.6) is 0 Å². The third-order valence-corrected chi connectivity index (χ3v) is 7.91. The van der Waals surface area contributed by atoms with E-state index < -0.39 is 34.4 Å². The number of piperidine rings is 1. The van der Waals surface area contributed by atoms with Gasteiger partial charge in [0.2, 0.25) is 10.0 Å². The van der Waals surface area contributed by atoms with Crippen molar-refractivity contribution in [2.45, 2.75) is 26.0 Å². The maximum atomic E-state index is 13.5. The summed E-state index contributed by atoms with van der Waals surface area (Å²) in [7, 11) is -3.81. The number of fused-ring (bicyclic) bond motifs is 3. The lowest BCUT2D eigenvalue weighted by Gasteiger charge is -2.31. The molecule has 10 nitrogen and oxygen atoms in total. The van der Waals surface area contributed by atoms with E-state index >= 15 is 0 Å². The van der Waals surface area contributed by atoms with Gasteiger partial charge in [0.1, 0.15) is 17.9 Å². The number of para-hydroxylation sites is 1. The summed E-state index contributed by atoms with van der Waals surface area (Å²) in [5.41, 5.74) is 2.96. The average molecular weight is 548 g/mol. The van der Waals surface area contributed by atoms with Gasteiger partial charge in [0.05, 0.1) is 47.1 Å². The lowest BCUT2D eigenvalue weighted by Crippen LogP contribution is -2.32. The van der Waals surface area contributed by atoms with E-state index in [1.807, 2.05) is 12.1 Å². The molecule has 1 amide bonds. The number of aliphatic hydroxyl groups is 1. The number of anilines is 3. The second-order valence-corrected chi connectivity index (χ2v) is 10.9. The number of benzene rings is 2. The standard InChI is InChI=1S/C25H27F2N5O5S/c26-24(27)16-6-8-31(9-7-16)21-14-17(30-38(35,36)13-11-33)4-5-18(21)25(34)28-19-2-1-3-20-23(19)29-22-15-37-12-10-32(20)22/h1-5,14,30,33H,6-13,15H2,(H,28,34). The van der Waals surface area contributed by atoms with E-state index in [2.05, 4.69) is 19.6 Å². The van der Waals surface area contributed by atoms with Gasteiger partial charge in [-0.15, -0.1) is 0 Å². The van der Waals surface area contributed by atoms with E-state index in [9.17, 15) is 22.0 Å². The van der Waals surface area contributed by atoms with Crippen LogP contribution in [-0.2, 0) is 27.9 Å². The van der Waals surface area contributed by atoms with Crippen molar-refractivity contribution in [3.63, 3.8) is 0 Å². The van der Waals surface area contributed by atoms with Crippen LogP contribution < -0.4 is 14.9 Å². The summed E-state index contributed by atoms with van der Waals surface area (Å²) in [4.78, 5) is 20.0. The van der Waals surface area contributed by atoms with Crippen LogP contribution in [0, 0.1) is 0 Å². The molecule has 3 aromatic rings. The Morgan fingerprint density at radius 3 is 2.66 bits per heavy atom. The van der Waals surface area contributed by atoms with Gasteiger partial charge in [-0.3, -0.25) is 9.52 Å². The normalized spacial score (nSPS) is 15.9. The van der Waals surface area contributed by atoms with Gasteiger partial charge in [-0.1, -0.05) is 6.07 Å². The van der Waals surface area contributed by atoms with Crippen molar-refractivity contribution in [1.82, 2.24) is 9.55 Å². The molecule has 13 heteroatoms. The van der Waals surface area contributed by atoms with Gasteiger partial charge in [-0.2, -0.15) is 8.78 Å². The number of hydrogen-bond donors (Lipinski definition) is 3. The molecule has 0 unspecified atom stereocenters. The van der Waals surface area contributed by atoms with Crippen LogP contribution in [0.2, 0.25) is 0 Å². The van der Waals surface area contributed by atoms with E-state index in [1.165, 1.54) is 18.2 Å². The van der Waals surface area contributed by atoms with Crippen LogP contribution in [0.15, 0.2) is 48.1 Å². The van der Waals surface area contributed by atoms with Crippen LogP contribution in [0.1, 0.15) is 29.0 Å². The summed E-state index contributed by atoms with van der Waals surface area (Å²) < 4.78 is 60.6. The fourth-order valence-corrected chi connectivity index (χ4v) is 5.60. The number of ether oxygens (including phenoxy) is 1. The van der Waals surface area contributed by atoms with Gasteiger partial charge in [0.25, 0.3) is 12.0 Å². The van der Waals surface area contributed by atoms with Crippen molar-refractivity contribution in [3.8, 4) is 0 Å². The number of carbonyl (C=O) groups excluding carboxylic acids is 1. The zero-order valence-corrected chi connectivity index (χ0v) is 21.2. The highest BCUT2D eigenvalue weighted by molar-refractivity contribution is 7.92. The van der Waals surface area contributed by atoms with Crippen molar-refractivity contribution in [3.05, 3.63) is 59.4 Å². The maximum absolute atomic E-state index is 13.5. The Balaban J connectivity index is 1.48. The molecule has 1 saturated heterocycles. The number of rotatable bonds is 7. The summed E-state index contributed by atoms with van der Waals surface area (Å²) >= 11 is 0. The third kappa shape index (κ3) is 5.35. The van der Waals surface area contributed by atoms with E-state index in [0.717, 1.165) is 11.3 Å². The molecule has 2 aromatic carbocycles. The number of nitrogens with zero attached hydrogens (tertiary/aromatic N) is 3. The van der Waals surface area contributed by atoms with Crippen LogP contribution in [0.4, 0.5) is 25.8 Å². The van der Waals surface area contributed by atoms with Gasteiger partial charge in [-0.05, 0) is 48.7 Å². The Kier molecular flexibility index (Phi) is 7.32. The Bertz CT molecular complexity index is 1510. The molecular formula is C25H27F2N5O5S. The Labute approximate surface area is 218 Å². The van der Waals surface area contributed by atoms with Gasteiger partial charge < -0.3 is 24.6 Å². The molecule has 3 N–H and O–H groups in total. The molecule has 2 aliphatic rings. The first kappa shape index (κ1) is 26.1. The summed E-state index contributed by atoms with van der Waals surface area (Å²) in [6.45, 7) is 1.54. The third-order valence-electron chi connectivity index (χ3n) is 6.65. The quantitative estimate of drug-likeness (QED) is 0.414. The van der Waals surface area contributed by atoms with Gasteiger partial charge in [-0.25, -0.2) is 13.4 Å². The molecular weight excluding hydrogens is 520 g/mol. The van der Waals surface area contributed by atoms with Crippen molar-refractivity contribution >= 4 is 44.0 Å². The minimum atomic E-state index is -3.81. The van der Waals surface area contributed by atoms with E-state index in [-0.39, 0.29) is 42.8 Å². The van der Waals surface area contributed by atoms with Crippen molar-refractivity contribution in [2.24, 2.45) is 0 Å². The van der Waals surface area contributed by atoms with Gasteiger partial charge >= 0.3 is 0 Å². The zero-order chi connectivity index (χ0) is 26.9. The van der Waals surface area contributed by atoms with Gasteiger partial charge in [0.15, 0.2) is 0 Å². The molecule has 38 heavy (non-hydrogen) atoms. The fraction of sp³-hybridized carbons (Fsp3) is 0.360. The first-order valence-electron chi connectivity index (χ1n) is 12.2. The molecule has 0 radical (unpaired) electrons. The summed E-state index contributed by atoms with van der Waals surface area (Å²) in [5.74, 6) is -0.162. The maximum Gasteiger partial charge on any atom is 0.269 e. The van der Waals surface area contributed by atoms with Crippen LogP contribution in [-0.4, -0.2) is 61.0 Å². The zero-order valence-electron chi connectivity index (χ0n) is 20.4. The highest BCUT2D eigenvalue weighted by Gasteiger charge is 2.24. The van der Waals surface area contributed by atoms with Crippen LogP contribution in [0.25, 0.3) is 11.0 Å². The molecule has 3 heterocycles. The number of aromatic nitrogens is 2. The number of halogens is 2. The molecule has 5 rings (SSSR count). The molecule has 202 valence electrons. The molecule has 1 aromatic heterocycles. The number of amides is 1. The van der Waals surface area contributed by atoms with Crippen molar-refractivity contribution < 1.29 is 31.8 Å². The fourth-order valence-electron chi connectivity index (χ4n) is 4.77. The second-order valence-electron chi connectivity index (χ2n) is 9.09. The van der Waals surface area contributed by atoms with E-state index in [1.54, 1.807) is 11.0 Å². The number of nitrogens with one attached hydrogen (secondary N) is 2. The Morgan fingerprint density at radius 1 is 1.13 bits per heavy atom. The predicted octanol–water partition coefficient (Wildman–Crippen LogP) is 3.30. The van der Waals surface area contributed by atoms with Crippen LogP contribution >= 0.6 is 0 Å². The lowest BCUT2D eigenvalue weighted by molar-refractivity contribution is 0.0830. The lowest BCUT2D eigenvalue weighted by atomic mass is 10.0. The van der Waals surface area contributed by atoms with Crippen molar-refractivity contribution in [1.29, 1.82) is 0 Å². The number of imidazole rings is 1. The van der Waals surface area contributed by atoms with Crippen molar-refractivity contribution in [2.75, 3.05) is 47.0 Å². The summed E-state index contributed by atoms with van der Waals surface area (Å²) in [6.07, 6.45) is -1.42. The monoisotopic (exact) mass is 547 g/mol. The van der Waals surface area contributed by atoms with E-state index in [0.29, 0.717) is 36.6 Å². The first-order valence-corrected chi connectivity index (χ1v) is 13.8. The molecule has 1 fully saturated rings.